The van der Waals surface area contributed by atoms with E-state index in [4.69, 9.17) is 0 Å². The summed E-state index contributed by atoms with van der Waals surface area (Å²) in [5.41, 5.74) is 3.04. The van der Waals surface area contributed by atoms with Gasteiger partial charge in [0.1, 0.15) is 0 Å². The fourth-order valence-corrected chi connectivity index (χ4v) is 3.79. The lowest BCUT2D eigenvalue weighted by molar-refractivity contribution is -0.121. The summed E-state index contributed by atoms with van der Waals surface area (Å²) in [5.74, 6) is -0.116. The number of thioether (sulfide) groups is 1. The second-order valence-corrected chi connectivity index (χ2v) is 8.31. The van der Waals surface area contributed by atoms with Gasteiger partial charge in [-0.15, -0.1) is 0 Å². The molecule has 0 aliphatic rings. The highest BCUT2D eigenvalue weighted by atomic mass is 79.9. The van der Waals surface area contributed by atoms with E-state index in [1.165, 1.54) is 11.8 Å². The third kappa shape index (κ3) is 5.58. The predicted octanol–water partition coefficient (Wildman–Crippen LogP) is 4.40. The topological polar surface area (TPSA) is 74.8 Å². The zero-order chi connectivity index (χ0) is 20.8. The van der Waals surface area contributed by atoms with Crippen LogP contribution in [0, 0.1) is 6.92 Å². The average Bonchev–Trinajstić information content (AvgIpc) is 2.72. The molecule has 1 atom stereocenters. The molecule has 0 aliphatic carbocycles. The molecule has 0 aliphatic heterocycles. The van der Waals surface area contributed by atoms with E-state index in [0.29, 0.717) is 22.8 Å². The van der Waals surface area contributed by atoms with Crippen LogP contribution < -0.4 is 10.9 Å². The van der Waals surface area contributed by atoms with Gasteiger partial charge in [-0.3, -0.25) is 9.59 Å². The van der Waals surface area contributed by atoms with E-state index in [1.54, 1.807) is 6.92 Å². The quantitative estimate of drug-likeness (QED) is 0.395. The van der Waals surface area contributed by atoms with E-state index in [2.05, 4.69) is 31.2 Å². The SMILES string of the molecule is CSc1nc(C)c(CCC(=O)NC(c2ccccc2)c2ccc(Br)cc2)c(=O)[nH]1. The Balaban J connectivity index is 1.76. The highest BCUT2D eigenvalue weighted by molar-refractivity contribution is 9.10. The van der Waals surface area contributed by atoms with Crippen LogP contribution in [0.5, 0.6) is 0 Å². The molecule has 1 amide bonds. The zero-order valence-electron chi connectivity index (χ0n) is 16.2. The summed E-state index contributed by atoms with van der Waals surface area (Å²) in [6, 6.07) is 17.5. The number of carbonyl (C=O) groups is 1. The maximum atomic E-state index is 12.7. The van der Waals surface area contributed by atoms with E-state index < -0.39 is 0 Å². The molecule has 3 aromatic rings. The van der Waals surface area contributed by atoms with E-state index >= 15 is 0 Å². The monoisotopic (exact) mass is 471 g/mol. The van der Waals surface area contributed by atoms with Crippen molar-refractivity contribution in [3.63, 3.8) is 0 Å². The second-order valence-electron chi connectivity index (χ2n) is 6.60. The first-order chi connectivity index (χ1) is 14.0. The smallest absolute Gasteiger partial charge is 0.254 e. The third-order valence-electron chi connectivity index (χ3n) is 4.64. The van der Waals surface area contributed by atoms with Crippen molar-refractivity contribution in [3.8, 4) is 0 Å². The van der Waals surface area contributed by atoms with E-state index in [9.17, 15) is 9.59 Å². The van der Waals surface area contributed by atoms with Crippen molar-refractivity contribution in [1.29, 1.82) is 0 Å². The molecule has 150 valence electrons. The molecule has 0 radical (unpaired) electrons. The predicted molar refractivity (Wildman–Crippen MR) is 120 cm³/mol. The van der Waals surface area contributed by atoms with Crippen LogP contribution in [-0.4, -0.2) is 22.1 Å². The van der Waals surface area contributed by atoms with Crippen LogP contribution >= 0.6 is 27.7 Å². The van der Waals surface area contributed by atoms with Gasteiger partial charge in [0.15, 0.2) is 5.16 Å². The van der Waals surface area contributed by atoms with Crippen molar-refractivity contribution in [2.45, 2.75) is 31.0 Å². The number of benzene rings is 2. The van der Waals surface area contributed by atoms with Gasteiger partial charge in [-0.25, -0.2) is 4.98 Å². The molecule has 1 heterocycles. The number of hydrogen-bond acceptors (Lipinski definition) is 4. The molecule has 0 fully saturated rings. The van der Waals surface area contributed by atoms with Crippen molar-refractivity contribution in [2.75, 3.05) is 6.26 Å². The number of aromatic amines is 1. The molecule has 29 heavy (non-hydrogen) atoms. The number of amides is 1. The Hall–Kier alpha value is -2.38. The van der Waals surface area contributed by atoms with Crippen molar-refractivity contribution in [1.82, 2.24) is 15.3 Å². The number of hydrogen-bond donors (Lipinski definition) is 2. The summed E-state index contributed by atoms with van der Waals surface area (Å²) in [5, 5.41) is 3.69. The fraction of sp³-hybridized carbons (Fsp3) is 0.227. The van der Waals surface area contributed by atoms with E-state index in [1.807, 2.05) is 60.9 Å². The Morgan fingerprint density at radius 1 is 1.14 bits per heavy atom. The van der Waals surface area contributed by atoms with Crippen LogP contribution in [0.3, 0.4) is 0 Å². The van der Waals surface area contributed by atoms with Crippen molar-refractivity contribution < 1.29 is 4.79 Å². The van der Waals surface area contributed by atoms with Crippen molar-refractivity contribution in [2.24, 2.45) is 0 Å². The molecule has 0 spiro atoms. The Labute approximate surface area is 182 Å². The second kappa shape index (κ2) is 9.89. The van der Waals surface area contributed by atoms with Crippen LogP contribution in [0.4, 0.5) is 0 Å². The maximum absolute atomic E-state index is 12.7. The van der Waals surface area contributed by atoms with Gasteiger partial charge < -0.3 is 10.3 Å². The highest BCUT2D eigenvalue weighted by Gasteiger charge is 2.18. The molecular weight excluding hydrogens is 450 g/mol. The van der Waals surface area contributed by atoms with Crippen LogP contribution in [0.15, 0.2) is 69.0 Å². The van der Waals surface area contributed by atoms with Gasteiger partial charge in [0.2, 0.25) is 5.91 Å². The Morgan fingerprint density at radius 3 is 2.41 bits per heavy atom. The lowest BCUT2D eigenvalue weighted by Crippen LogP contribution is -2.30. The summed E-state index contributed by atoms with van der Waals surface area (Å²) in [7, 11) is 0. The number of nitrogens with zero attached hydrogens (tertiary/aromatic N) is 1. The molecule has 5 nitrogen and oxygen atoms in total. The van der Waals surface area contributed by atoms with E-state index in [-0.39, 0.29) is 23.9 Å². The lowest BCUT2D eigenvalue weighted by Gasteiger charge is -2.20. The van der Waals surface area contributed by atoms with Crippen LogP contribution in [-0.2, 0) is 11.2 Å². The van der Waals surface area contributed by atoms with Gasteiger partial charge in [0.05, 0.1) is 6.04 Å². The van der Waals surface area contributed by atoms with Crippen LogP contribution in [0.25, 0.3) is 0 Å². The minimum absolute atomic E-state index is 0.116. The molecule has 2 N–H and O–H groups in total. The third-order valence-corrected chi connectivity index (χ3v) is 5.75. The summed E-state index contributed by atoms with van der Waals surface area (Å²) >= 11 is 4.83. The van der Waals surface area contributed by atoms with Crippen LogP contribution in [0.1, 0.15) is 34.8 Å². The maximum Gasteiger partial charge on any atom is 0.254 e. The molecule has 0 bridgehead atoms. The van der Waals surface area contributed by atoms with Gasteiger partial charge in [-0.1, -0.05) is 70.2 Å². The summed E-state index contributed by atoms with van der Waals surface area (Å²) in [6.45, 7) is 1.80. The molecule has 2 aromatic carbocycles. The Kier molecular flexibility index (Phi) is 7.28. The molecule has 1 unspecified atom stereocenters. The number of nitrogens with one attached hydrogen (secondary N) is 2. The molecule has 1 aromatic heterocycles. The van der Waals surface area contributed by atoms with Gasteiger partial charge >= 0.3 is 0 Å². The van der Waals surface area contributed by atoms with Crippen molar-refractivity contribution >= 4 is 33.6 Å². The number of rotatable bonds is 7. The number of aromatic nitrogens is 2. The number of carbonyl (C=O) groups excluding carboxylic acids is 1. The standard InChI is InChI=1S/C22H22BrN3O2S/c1-14-18(21(28)26-22(24-14)29-2)12-13-19(27)25-20(15-6-4-3-5-7-15)16-8-10-17(23)11-9-16/h3-11,20H,12-13H2,1-2H3,(H,25,27)(H,24,26,28). The van der Waals surface area contributed by atoms with Gasteiger partial charge in [0, 0.05) is 22.2 Å². The molecule has 3 rings (SSSR count). The van der Waals surface area contributed by atoms with Gasteiger partial charge in [-0.05, 0) is 42.9 Å². The van der Waals surface area contributed by atoms with Gasteiger partial charge in [0.25, 0.3) is 5.56 Å². The Morgan fingerprint density at radius 2 is 1.79 bits per heavy atom. The molecular formula is C22H22BrN3O2S. The summed E-state index contributed by atoms with van der Waals surface area (Å²) in [6.07, 6.45) is 2.41. The lowest BCUT2D eigenvalue weighted by atomic mass is 9.98. The van der Waals surface area contributed by atoms with Crippen LogP contribution in [0.2, 0.25) is 0 Å². The molecule has 0 saturated heterocycles. The van der Waals surface area contributed by atoms with E-state index in [0.717, 1.165) is 15.6 Å². The highest BCUT2D eigenvalue weighted by Crippen LogP contribution is 2.24. The average molecular weight is 472 g/mol. The first-order valence-corrected chi connectivity index (χ1v) is 11.2. The fourth-order valence-electron chi connectivity index (χ4n) is 3.11. The molecule has 0 saturated carbocycles. The summed E-state index contributed by atoms with van der Waals surface area (Å²) < 4.78 is 0.982. The summed E-state index contributed by atoms with van der Waals surface area (Å²) in [4.78, 5) is 32.1. The minimum Gasteiger partial charge on any atom is -0.345 e. The Bertz CT molecular complexity index is 1040. The number of aryl methyl sites for hydroxylation is 1. The number of halogens is 1. The van der Waals surface area contributed by atoms with Crippen molar-refractivity contribution in [3.05, 3.63) is 91.8 Å². The normalized spacial score (nSPS) is 11.8. The minimum atomic E-state index is -0.256. The first kappa shape index (κ1) is 21.3. The molecule has 7 heteroatoms. The zero-order valence-corrected chi connectivity index (χ0v) is 18.6. The first-order valence-electron chi connectivity index (χ1n) is 9.21. The van der Waals surface area contributed by atoms with Gasteiger partial charge in [-0.2, -0.15) is 0 Å². The number of H-pyrrole nitrogens is 1. The largest absolute Gasteiger partial charge is 0.345 e.